The lowest BCUT2D eigenvalue weighted by Crippen LogP contribution is -2.25. The van der Waals surface area contributed by atoms with Crippen LogP contribution in [0.5, 0.6) is 0 Å². The Hall–Kier alpha value is -1.04. The summed E-state index contributed by atoms with van der Waals surface area (Å²) in [6, 6.07) is 9.04. The van der Waals surface area contributed by atoms with Gasteiger partial charge in [0.15, 0.2) is 0 Å². The van der Waals surface area contributed by atoms with E-state index in [0.717, 1.165) is 30.1 Å². The van der Waals surface area contributed by atoms with Crippen LogP contribution in [0.3, 0.4) is 0 Å². The van der Waals surface area contributed by atoms with Gasteiger partial charge in [0.25, 0.3) is 0 Å². The fourth-order valence-corrected chi connectivity index (χ4v) is 5.72. The predicted octanol–water partition coefficient (Wildman–Crippen LogP) is 8.46. The van der Waals surface area contributed by atoms with Crippen LogP contribution in [0, 0.1) is 23.7 Å². The Bertz CT molecular complexity index is 536. The van der Waals surface area contributed by atoms with Crippen molar-refractivity contribution in [1.29, 1.82) is 0 Å². The monoisotopic (exact) mass is 366 g/mol. The molecule has 0 unspecified atom stereocenters. The van der Waals surface area contributed by atoms with Gasteiger partial charge in [0.1, 0.15) is 0 Å². The van der Waals surface area contributed by atoms with E-state index in [-0.39, 0.29) is 0 Å². The minimum absolute atomic E-state index is 0.991. The van der Waals surface area contributed by atoms with Crippen LogP contribution >= 0.6 is 0 Å². The molecule has 0 heteroatoms. The average molecular weight is 367 g/mol. The van der Waals surface area contributed by atoms with Crippen LogP contribution in [-0.4, -0.2) is 0 Å². The van der Waals surface area contributed by atoms with E-state index >= 15 is 0 Å². The Labute approximate surface area is 168 Å². The van der Waals surface area contributed by atoms with Crippen LogP contribution in [0.4, 0.5) is 0 Å². The van der Waals surface area contributed by atoms with Crippen LogP contribution in [0.25, 0.3) is 6.08 Å². The summed E-state index contributed by atoms with van der Waals surface area (Å²) in [6.07, 6.45) is 23.6. The third-order valence-corrected chi connectivity index (χ3v) is 7.59. The fraction of sp³-hybridized carbons (Fsp3) is 0.704. The SMILES string of the molecule is CCCC1CCC(C2CCC(CCC=Cc3ccc(CC)cc3)CC2)CC1. The first-order valence-corrected chi connectivity index (χ1v) is 12.0. The zero-order chi connectivity index (χ0) is 18.9. The van der Waals surface area contributed by atoms with Crippen molar-refractivity contribution >= 4 is 6.08 Å². The minimum atomic E-state index is 0.991. The molecule has 2 saturated carbocycles. The van der Waals surface area contributed by atoms with Crippen molar-refractivity contribution < 1.29 is 0 Å². The van der Waals surface area contributed by atoms with E-state index in [2.05, 4.69) is 50.3 Å². The van der Waals surface area contributed by atoms with Crippen LogP contribution in [0.15, 0.2) is 30.3 Å². The molecule has 3 rings (SSSR count). The Morgan fingerprint density at radius 2 is 1.30 bits per heavy atom. The van der Waals surface area contributed by atoms with Crippen LogP contribution < -0.4 is 0 Å². The van der Waals surface area contributed by atoms with Gasteiger partial charge in [0.2, 0.25) is 0 Å². The van der Waals surface area contributed by atoms with E-state index in [1.54, 1.807) is 12.8 Å². The molecule has 150 valence electrons. The van der Waals surface area contributed by atoms with E-state index in [1.807, 2.05) is 0 Å². The molecule has 1 aromatic carbocycles. The summed E-state index contributed by atoms with van der Waals surface area (Å²) < 4.78 is 0. The summed E-state index contributed by atoms with van der Waals surface area (Å²) >= 11 is 0. The second-order valence-electron chi connectivity index (χ2n) is 9.43. The number of aryl methyl sites for hydroxylation is 1. The van der Waals surface area contributed by atoms with E-state index in [4.69, 9.17) is 0 Å². The zero-order valence-electron chi connectivity index (χ0n) is 18.0. The van der Waals surface area contributed by atoms with Crippen LogP contribution in [0.2, 0.25) is 0 Å². The predicted molar refractivity (Wildman–Crippen MR) is 120 cm³/mol. The van der Waals surface area contributed by atoms with Crippen molar-refractivity contribution in [1.82, 2.24) is 0 Å². The van der Waals surface area contributed by atoms with E-state index < -0.39 is 0 Å². The molecule has 0 aromatic heterocycles. The zero-order valence-corrected chi connectivity index (χ0v) is 18.0. The van der Waals surface area contributed by atoms with Crippen molar-refractivity contribution in [3.8, 4) is 0 Å². The molecular formula is C27H42. The van der Waals surface area contributed by atoms with Gasteiger partial charge in [-0.05, 0) is 79.7 Å². The highest BCUT2D eigenvalue weighted by Crippen LogP contribution is 2.42. The first kappa shape index (κ1) is 20.7. The summed E-state index contributed by atoms with van der Waals surface area (Å²) in [7, 11) is 0. The first-order chi connectivity index (χ1) is 13.3. The summed E-state index contributed by atoms with van der Waals surface area (Å²) in [5.74, 6) is 4.19. The number of rotatable bonds is 8. The molecule has 0 spiro atoms. The van der Waals surface area contributed by atoms with Crippen molar-refractivity contribution in [2.24, 2.45) is 23.7 Å². The van der Waals surface area contributed by atoms with E-state index in [1.165, 1.54) is 75.3 Å². The number of hydrogen-bond donors (Lipinski definition) is 0. The lowest BCUT2D eigenvalue weighted by Gasteiger charge is -2.38. The highest BCUT2D eigenvalue weighted by Gasteiger charge is 2.30. The van der Waals surface area contributed by atoms with E-state index in [0.29, 0.717) is 0 Å². The highest BCUT2D eigenvalue weighted by atomic mass is 14.4. The third kappa shape index (κ3) is 6.51. The summed E-state index contributed by atoms with van der Waals surface area (Å²) in [5, 5.41) is 0. The maximum atomic E-state index is 2.40. The van der Waals surface area contributed by atoms with Gasteiger partial charge >= 0.3 is 0 Å². The number of allylic oxidation sites excluding steroid dienone is 1. The third-order valence-electron chi connectivity index (χ3n) is 7.59. The van der Waals surface area contributed by atoms with Crippen molar-refractivity contribution in [2.45, 2.75) is 97.3 Å². The van der Waals surface area contributed by atoms with Crippen LogP contribution in [0.1, 0.15) is 102 Å². The van der Waals surface area contributed by atoms with Crippen molar-refractivity contribution in [3.63, 3.8) is 0 Å². The van der Waals surface area contributed by atoms with Crippen molar-refractivity contribution in [3.05, 3.63) is 41.5 Å². The molecule has 27 heavy (non-hydrogen) atoms. The van der Waals surface area contributed by atoms with Gasteiger partial charge in [0.05, 0.1) is 0 Å². The Morgan fingerprint density at radius 1 is 0.741 bits per heavy atom. The summed E-state index contributed by atoms with van der Waals surface area (Å²) in [5.41, 5.74) is 2.79. The quantitative estimate of drug-likeness (QED) is 0.433. The molecular weight excluding hydrogens is 324 g/mol. The summed E-state index contributed by atoms with van der Waals surface area (Å²) in [4.78, 5) is 0. The van der Waals surface area contributed by atoms with Crippen molar-refractivity contribution in [2.75, 3.05) is 0 Å². The maximum absolute atomic E-state index is 2.40. The normalized spacial score (nSPS) is 29.3. The number of hydrogen-bond acceptors (Lipinski definition) is 0. The lowest BCUT2D eigenvalue weighted by atomic mass is 9.68. The minimum Gasteiger partial charge on any atom is -0.0839 e. The largest absolute Gasteiger partial charge is 0.0839 e. The maximum Gasteiger partial charge on any atom is -0.0260 e. The lowest BCUT2D eigenvalue weighted by molar-refractivity contribution is 0.141. The first-order valence-electron chi connectivity index (χ1n) is 12.0. The standard InChI is InChI=1S/C27H42/c1-3-7-23-14-18-26(19-15-23)27-20-16-25(17-21-27)9-6-5-8-24-12-10-22(4-2)11-13-24/h5,8,10-13,23,25-27H,3-4,6-7,9,14-21H2,1-2H3. The van der Waals surface area contributed by atoms with Gasteiger partial charge in [0, 0.05) is 0 Å². The van der Waals surface area contributed by atoms with Gasteiger partial charge in [-0.1, -0.05) is 88.8 Å². The number of benzene rings is 1. The molecule has 0 bridgehead atoms. The molecule has 0 N–H and O–H groups in total. The molecule has 0 amide bonds. The molecule has 0 aliphatic heterocycles. The molecule has 0 nitrogen and oxygen atoms in total. The van der Waals surface area contributed by atoms with Gasteiger partial charge in [-0.15, -0.1) is 0 Å². The molecule has 0 atom stereocenters. The van der Waals surface area contributed by atoms with E-state index in [9.17, 15) is 0 Å². The molecule has 0 saturated heterocycles. The molecule has 2 aliphatic carbocycles. The average Bonchev–Trinajstić information content (AvgIpc) is 2.73. The molecule has 0 radical (unpaired) electrons. The van der Waals surface area contributed by atoms with Gasteiger partial charge < -0.3 is 0 Å². The fourth-order valence-electron chi connectivity index (χ4n) is 5.72. The second-order valence-corrected chi connectivity index (χ2v) is 9.43. The topological polar surface area (TPSA) is 0 Å². The Kier molecular flexibility index (Phi) is 8.49. The van der Waals surface area contributed by atoms with Gasteiger partial charge in [-0.2, -0.15) is 0 Å². The molecule has 2 fully saturated rings. The summed E-state index contributed by atoms with van der Waals surface area (Å²) in [6.45, 7) is 4.57. The molecule has 1 aromatic rings. The Balaban J connectivity index is 1.32. The molecule has 0 heterocycles. The second kappa shape index (κ2) is 11.1. The smallest absolute Gasteiger partial charge is 0.0260 e. The van der Waals surface area contributed by atoms with Gasteiger partial charge in [-0.3, -0.25) is 0 Å². The Morgan fingerprint density at radius 3 is 1.81 bits per heavy atom. The molecule has 2 aliphatic rings. The van der Waals surface area contributed by atoms with Gasteiger partial charge in [-0.25, -0.2) is 0 Å². The van der Waals surface area contributed by atoms with Crippen LogP contribution in [-0.2, 0) is 6.42 Å². The highest BCUT2D eigenvalue weighted by molar-refractivity contribution is 5.49.